The van der Waals surface area contributed by atoms with Gasteiger partial charge in [-0.25, -0.2) is 15.0 Å². The van der Waals surface area contributed by atoms with Crippen LogP contribution in [0.4, 0.5) is 11.6 Å². The zero-order valence-corrected chi connectivity index (χ0v) is 15.1. The van der Waals surface area contributed by atoms with E-state index in [2.05, 4.69) is 25.2 Å². The van der Waals surface area contributed by atoms with E-state index in [0.717, 1.165) is 25.9 Å². The Morgan fingerprint density at radius 2 is 1.81 bits per heavy atom. The molecule has 4 rings (SSSR count). The van der Waals surface area contributed by atoms with Gasteiger partial charge in [0.2, 0.25) is 11.8 Å². The second kappa shape index (κ2) is 8.30. The number of nitrogens with zero attached hydrogens (tertiary/aromatic N) is 4. The third kappa shape index (κ3) is 4.51. The first kappa shape index (κ1) is 17.7. The summed E-state index contributed by atoms with van der Waals surface area (Å²) in [5, 5.41) is 2.79. The van der Waals surface area contributed by atoms with E-state index in [4.69, 9.17) is 9.47 Å². The predicted molar refractivity (Wildman–Crippen MR) is 100 cm³/mol. The van der Waals surface area contributed by atoms with E-state index in [0.29, 0.717) is 36.3 Å². The Balaban J connectivity index is 1.34. The molecular weight excluding hydrogens is 346 g/mol. The fraction of sp³-hybridized carbons (Fsp3) is 0.474. The highest BCUT2D eigenvalue weighted by Gasteiger charge is 2.17. The van der Waals surface area contributed by atoms with Crippen LogP contribution in [0.15, 0.2) is 30.7 Å². The summed E-state index contributed by atoms with van der Waals surface area (Å²) >= 11 is 0. The van der Waals surface area contributed by atoms with Crippen molar-refractivity contribution in [1.29, 1.82) is 0 Å². The molecule has 0 bridgehead atoms. The summed E-state index contributed by atoms with van der Waals surface area (Å²) in [6.45, 7) is 2.89. The summed E-state index contributed by atoms with van der Waals surface area (Å²) in [5.41, 5.74) is 1.01. The van der Waals surface area contributed by atoms with Gasteiger partial charge in [0.1, 0.15) is 6.10 Å². The molecule has 8 nitrogen and oxygen atoms in total. The molecule has 2 fully saturated rings. The number of morpholine rings is 1. The molecular formula is C19H23N5O3. The normalized spacial score (nSPS) is 17.7. The molecule has 1 saturated carbocycles. The lowest BCUT2D eigenvalue weighted by Gasteiger charge is -2.26. The van der Waals surface area contributed by atoms with Crippen LogP contribution in [0.2, 0.25) is 0 Å². The van der Waals surface area contributed by atoms with E-state index in [1.165, 1.54) is 19.0 Å². The minimum atomic E-state index is -0.252. The van der Waals surface area contributed by atoms with Gasteiger partial charge in [0, 0.05) is 25.4 Å². The molecule has 1 N–H and O–H groups in total. The molecule has 2 aromatic heterocycles. The van der Waals surface area contributed by atoms with Gasteiger partial charge in [0.15, 0.2) is 0 Å². The molecule has 8 heteroatoms. The summed E-state index contributed by atoms with van der Waals surface area (Å²) in [4.78, 5) is 27.3. The average Bonchev–Trinajstić information content (AvgIpc) is 3.23. The lowest BCUT2D eigenvalue weighted by Crippen LogP contribution is -2.37. The van der Waals surface area contributed by atoms with E-state index in [1.54, 1.807) is 24.5 Å². The van der Waals surface area contributed by atoms with Gasteiger partial charge >= 0.3 is 0 Å². The number of hydrogen-bond donors (Lipinski definition) is 1. The minimum absolute atomic E-state index is 0.249. The maximum Gasteiger partial charge on any atom is 0.257 e. The van der Waals surface area contributed by atoms with Gasteiger partial charge in [-0.05, 0) is 31.7 Å². The van der Waals surface area contributed by atoms with Crippen molar-refractivity contribution in [2.45, 2.75) is 31.8 Å². The fourth-order valence-electron chi connectivity index (χ4n) is 3.28. The third-order valence-corrected chi connectivity index (χ3v) is 4.78. The number of amides is 1. The Morgan fingerprint density at radius 1 is 1.07 bits per heavy atom. The predicted octanol–water partition coefficient (Wildman–Crippen LogP) is 2.28. The first-order valence-electron chi connectivity index (χ1n) is 9.37. The van der Waals surface area contributed by atoms with Crippen LogP contribution < -0.4 is 15.0 Å². The zero-order chi connectivity index (χ0) is 18.5. The van der Waals surface area contributed by atoms with Crippen molar-refractivity contribution in [3.63, 3.8) is 0 Å². The van der Waals surface area contributed by atoms with Crippen LogP contribution >= 0.6 is 0 Å². The van der Waals surface area contributed by atoms with E-state index in [9.17, 15) is 4.79 Å². The van der Waals surface area contributed by atoms with Crippen molar-refractivity contribution in [2.75, 3.05) is 36.5 Å². The van der Waals surface area contributed by atoms with E-state index >= 15 is 0 Å². The molecule has 1 amide bonds. The maximum absolute atomic E-state index is 12.4. The number of ether oxygens (including phenoxy) is 2. The SMILES string of the molecule is O=C(Nc1cnc(N2CCOCC2)nc1)c1ccc(OC2CCCC2)nc1. The zero-order valence-electron chi connectivity index (χ0n) is 15.1. The minimum Gasteiger partial charge on any atom is -0.474 e. The monoisotopic (exact) mass is 369 g/mol. The summed E-state index contributed by atoms with van der Waals surface area (Å²) < 4.78 is 11.1. The highest BCUT2D eigenvalue weighted by atomic mass is 16.5. The molecule has 3 heterocycles. The number of aromatic nitrogens is 3. The van der Waals surface area contributed by atoms with Crippen LogP contribution in [0, 0.1) is 0 Å². The van der Waals surface area contributed by atoms with Crippen molar-refractivity contribution in [3.05, 3.63) is 36.3 Å². The van der Waals surface area contributed by atoms with Crippen molar-refractivity contribution >= 4 is 17.5 Å². The molecule has 0 radical (unpaired) electrons. The van der Waals surface area contributed by atoms with Crippen LogP contribution in [-0.4, -0.2) is 53.3 Å². The van der Waals surface area contributed by atoms with Crippen LogP contribution in [0.3, 0.4) is 0 Å². The Hall–Kier alpha value is -2.74. The standard InChI is InChI=1S/C19H23N5O3/c25-18(14-5-6-17(20-11-14)27-16-3-1-2-4-16)23-15-12-21-19(22-13-15)24-7-9-26-10-8-24/h5-6,11-13,16H,1-4,7-10H2,(H,23,25). The number of anilines is 2. The van der Waals surface area contributed by atoms with Gasteiger partial charge in [-0.3, -0.25) is 4.79 Å². The molecule has 27 heavy (non-hydrogen) atoms. The van der Waals surface area contributed by atoms with E-state index < -0.39 is 0 Å². The summed E-state index contributed by atoms with van der Waals surface area (Å²) in [5.74, 6) is 0.959. The van der Waals surface area contributed by atoms with Crippen LogP contribution in [0.5, 0.6) is 5.88 Å². The average molecular weight is 369 g/mol. The second-order valence-electron chi connectivity index (χ2n) is 6.73. The van der Waals surface area contributed by atoms with Crippen LogP contribution in [0.25, 0.3) is 0 Å². The van der Waals surface area contributed by atoms with Crippen LogP contribution in [-0.2, 0) is 4.74 Å². The number of pyridine rings is 1. The van der Waals surface area contributed by atoms with Crippen molar-refractivity contribution in [2.24, 2.45) is 0 Å². The van der Waals surface area contributed by atoms with Gasteiger partial charge in [0.25, 0.3) is 5.91 Å². The smallest absolute Gasteiger partial charge is 0.257 e. The number of carbonyl (C=O) groups excluding carboxylic acids is 1. The van der Waals surface area contributed by atoms with E-state index in [1.807, 2.05) is 0 Å². The highest BCUT2D eigenvalue weighted by Crippen LogP contribution is 2.23. The summed E-state index contributed by atoms with van der Waals surface area (Å²) in [6, 6.07) is 3.46. The second-order valence-corrected chi connectivity index (χ2v) is 6.73. The Morgan fingerprint density at radius 3 is 2.48 bits per heavy atom. The molecule has 142 valence electrons. The molecule has 0 aromatic carbocycles. The fourth-order valence-corrected chi connectivity index (χ4v) is 3.28. The summed E-state index contributed by atoms with van der Waals surface area (Å²) in [6.07, 6.45) is 9.56. The topological polar surface area (TPSA) is 89.5 Å². The van der Waals surface area contributed by atoms with Gasteiger partial charge in [-0.1, -0.05) is 0 Å². The Bertz CT molecular complexity index is 754. The number of carbonyl (C=O) groups is 1. The molecule has 0 atom stereocenters. The largest absolute Gasteiger partial charge is 0.474 e. The van der Waals surface area contributed by atoms with Gasteiger partial charge in [-0.2, -0.15) is 0 Å². The molecule has 2 aliphatic rings. The summed E-state index contributed by atoms with van der Waals surface area (Å²) in [7, 11) is 0. The molecule has 0 spiro atoms. The Labute approximate surface area is 157 Å². The van der Waals surface area contributed by atoms with Crippen molar-refractivity contribution in [1.82, 2.24) is 15.0 Å². The molecule has 1 saturated heterocycles. The number of hydrogen-bond acceptors (Lipinski definition) is 7. The van der Waals surface area contributed by atoms with Gasteiger partial charge < -0.3 is 19.7 Å². The lowest BCUT2D eigenvalue weighted by atomic mass is 10.2. The van der Waals surface area contributed by atoms with Crippen molar-refractivity contribution in [3.8, 4) is 5.88 Å². The quantitative estimate of drug-likeness (QED) is 0.865. The Kier molecular flexibility index (Phi) is 5.43. The molecule has 0 unspecified atom stereocenters. The molecule has 1 aliphatic heterocycles. The van der Waals surface area contributed by atoms with Gasteiger partial charge in [0.05, 0.1) is 36.9 Å². The molecule has 1 aliphatic carbocycles. The number of nitrogens with one attached hydrogen (secondary N) is 1. The van der Waals surface area contributed by atoms with Crippen molar-refractivity contribution < 1.29 is 14.3 Å². The first-order valence-corrected chi connectivity index (χ1v) is 9.37. The molecule has 2 aromatic rings. The van der Waals surface area contributed by atoms with Crippen LogP contribution in [0.1, 0.15) is 36.0 Å². The maximum atomic E-state index is 12.4. The number of rotatable bonds is 5. The van der Waals surface area contributed by atoms with E-state index in [-0.39, 0.29) is 12.0 Å². The third-order valence-electron chi connectivity index (χ3n) is 4.78. The first-order chi connectivity index (χ1) is 13.3. The highest BCUT2D eigenvalue weighted by molar-refractivity contribution is 6.03. The van der Waals surface area contributed by atoms with Gasteiger partial charge in [-0.15, -0.1) is 0 Å². The lowest BCUT2D eigenvalue weighted by molar-refractivity contribution is 0.102.